The quantitative estimate of drug-likeness (QED) is 0.772. The molecule has 2 heterocycles. The van der Waals surface area contributed by atoms with E-state index in [-0.39, 0.29) is 30.9 Å². The van der Waals surface area contributed by atoms with Crippen LogP contribution in [0.5, 0.6) is 5.75 Å². The van der Waals surface area contributed by atoms with Gasteiger partial charge in [-0.25, -0.2) is 0 Å². The Morgan fingerprint density at radius 1 is 0.966 bits per heavy atom. The van der Waals surface area contributed by atoms with Crippen molar-refractivity contribution in [1.29, 1.82) is 0 Å². The van der Waals surface area contributed by atoms with Crippen molar-refractivity contribution in [2.75, 3.05) is 44.2 Å². The van der Waals surface area contributed by atoms with Crippen LogP contribution in [0.1, 0.15) is 10.4 Å². The predicted molar refractivity (Wildman–Crippen MR) is 108 cm³/mol. The molecule has 7 nitrogen and oxygen atoms in total. The van der Waals surface area contributed by atoms with Crippen molar-refractivity contribution in [1.82, 2.24) is 9.80 Å². The second-order valence-electron chi connectivity index (χ2n) is 6.92. The first-order valence-corrected chi connectivity index (χ1v) is 9.75. The van der Waals surface area contributed by atoms with Crippen molar-refractivity contribution in [3.8, 4) is 5.75 Å². The maximum absolute atomic E-state index is 12.8. The molecule has 0 aromatic heterocycles. The number of rotatable bonds is 3. The van der Waals surface area contributed by atoms with Gasteiger partial charge < -0.3 is 14.5 Å². The lowest BCUT2D eigenvalue weighted by Gasteiger charge is -2.36. The molecule has 2 aliphatic rings. The second kappa shape index (κ2) is 8.13. The zero-order valence-corrected chi connectivity index (χ0v) is 16.5. The zero-order valence-electron chi connectivity index (χ0n) is 15.7. The Morgan fingerprint density at radius 3 is 2.38 bits per heavy atom. The average molecular weight is 414 g/mol. The van der Waals surface area contributed by atoms with Crippen molar-refractivity contribution in [2.45, 2.75) is 0 Å². The SMILES string of the molecule is O=C(CN1C(=O)COc2ccc(Cl)cc21)N1CCN(C(=O)c2ccccc2)CC1. The largest absolute Gasteiger partial charge is 0.482 e. The van der Waals surface area contributed by atoms with Crippen molar-refractivity contribution in [3.63, 3.8) is 0 Å². The van der Waals surface area contributed by atoms with E-state index in [1.807, 2.05) is 18.2 Å². The molecule has 2 aromatic rings. The summed E-state index contributed by atoms with van der Waals surface area (Å²) in [5.74, 6) is 0.0358. The first kappa shape index (κ1) is 19.3. The van der Waals surface area contributed by atoms with Gasteiger partial charge in [-0.1, -0.05) is 29.8 Å². The maximum Gasteiger partial charge on any atom is 0.265 e. The standard InChI is InChI=1S/C21H20ClN3O4/c22-16-6-7-18-17(12-16)25(20(27)14-29-18)13-19(26)23-8-10-24(11-9-23)21(28)15-4-2-1-3-5-15/h1-7,12H,8-11,13-14H2. The van der Waals surface area contributed by atoms with Gasteiger partial charge in [-0.2, -0.15) is 0 Å². The van der Waals surface area contributed by atoms with Gasteiger partial charge in [0.1, 0.15) is 12.3 Å². The Balaban J connectivity index is 1.39. The fourth-order valence-corrected chi connectivity index (χ4v) is 3.67. The molecule has 0 unspecified atom stereocenters. The smallest absolute Gasteiger partial charge is 0.265 e. The van der Waals surface area contributed by atoms with Gasteiger partial charge >= 0.3 is 0 Å². The van der Waals surface area contributed by atoms with Crippen LogP contribution in [0.3, 0.4) is 0 Å². The molecule has 1 saturated heterocycles. The van der Waals surface area contributed by atoms with Crippen LogP contribution in [-0.2, 0) is 9.59 Å². The van der Waals surface area contributed by atoms with Crippen molar-refractivity contribution < 1.29 is 19.1 Å². The number of amides is 3. The van der Waals surface area contributed by atoms with Gasteiger partial charge in [-0.15, -0.1) is 0 Å². The Morgan fingerprint density at radius 2 is 1.66 bits per heavy atom. The second-order valence-corrected chi connectivity index (χ2v) is 7.36. The summed E-state index contributed by atoms with van der Waals surface area (Å²) in [5, 5.41) is 0.465. The minimum absolute atomic E-state index is 0.0374. The van der Waals surface area contributed by atoms with Crippen LogP contribution in [0, 0.1) is 0 Å². The summed E-state index contributed by atoms with van der Waals surface area (Å²) >= 11 is 6.04. The topological polar surface area (TPSA) is 70.2 Å². The number of ether oxygens (including phenoxy) is 1. The minimum atomic E-state index is -0.286. The highest BCUT2D eigenvalue weighted by atomic mass is 35.5. The number of fused-ring (bicyclic) bond motifs is 1. The van der Waals surface area contributed by atoms with Crippen LogP contribution in [0.15, 0.2) is 48.5 Å². The molecular weight excluding hydrogens is 394 g/mol. The molecule has 150 valence electrons. The Kier molecular flexibility index (Phi) is 5.40. The number of halogens is 1. The van der Waals surface area contributed by atoms with E-state index in [9.17, 15) is 14.4 Å². The molecular formula is C21H20ClN3O4. The summed E-state index contributed by atoms with van der Waals surface area (Å²) < 4.78 is 5.41. The monoisotopic (exact) mass is 413 g/mol. The van der Waals surface area contributed by atoms with E-state index in [4.69, 9.17) is 16.3 Å². The maximum atomic E-state index is 12.8. The highest BCUT2D eigenvalue weighted by Gasteiger charge is 2.31. The van der Waals surface area contributed by atoms with Gasteiger partial charge in [0.25, 0.3) is 11.8 Å². The van der Waals surface area contributed by atoms with Crippen LogP contribution in [-0.4, -0.2) is 66.9 Å². The van der Waals surface area contributed by atoms with Gasteiger partial charge in [0.2, 0.25) is 5.91 Å². The van der Waals surface area contributed by atoms with Crippen molar-refractivity contribution in [2.24, 2.45) is 0 Å². The number of benzene rings is 2. The third kappa shape index (κ3) is 4.05. The molecule has 29 heavy (non-hydrogen) atoms. The molecule has 0 spiro atoms. The molecule has 0 atom stereocenters. The molecule has 0 N–H and O–H groups in total. The van der Waals surface area contributed by atoms with Gasteiger partial charge in [0.15, 0.2) is 6.61 Å². The van der Waals surface area contributed by atoms with Crippen LogP contribution in [0.25, 0.3) is 0 Å². The third-order valence-electron chi connectivity index (χ3n) is 5.10. The lowest BCUT2D eigenvalue weighted by molar-refractivity contribution is -0.133. The van der Waals surface area contributed by atoms with E-state index in [1.165, 1.54) is 4.90 Å². The zero-order chi connectivity index (χ0) is 20.4. The van der Waals surface area contributed by atoms with Gasteiger partial charge in [-0.3, -0.25) is 19.3 Å². The normalized spacial score (nSPS) is 16.3. The average Bonchev–Trinajstić information content (AvgIpc) is 2.76. The van der Waals surface area contributed by atoms with Crippen molar-refractivity contribution >= 4 is 35.0 Å². The van der Waals surface area contributed by atoms with E-state index in [1.54, 1.807) is 40.1 Å². The third-order valence-corrected chi connectivity index (χ3v) is 5.33. The van der Waals surface area contributed by atoms with E-state index in [0.29, 0.717) is 48.2 Å². The number of carbonyl (C=O) groups excluding carboxylic acids is 3. The van der Waals surface area contributed by atoms with Gasteiger partial charge in [-0.05, 0) is 30.3 Å². The van der Waals surface area contributed by atoms with E-state index in [2.05, 4.69) is 0 Å². The number of carbonyl (C=O) groups is 3. The lowest BCUT2D eigenvalue weighted by atomic mass is 10.2. The summed E-state index contributed by atoms with van der Waals surface area (Å²) in [6.45, 7) is 1.58. The number of piperazine rings is 1. The minimum Gasteiger partial charge on any atom is -0.482 e. The Labute approximate surface area is 173 Å². The lowest BCUT2D eigenvalue weighted by Crippen LogP contribution is -2.53. The highest BCUT2D eigenvalue weighted by molar-refractivity contribution is 6.31. The number of hydrogen-bond donors (Lipinski definition) is 0. The molecule has 0 radical (unpaired) electrons. The molecule has 0 saturated carbocycles. The molecule has 2 aliphatic heterocycles. The number of anilines is 1. The fourth-order valence-electron chi connectivity index (χ4n) is 3.51. The van der Waals surface area contributed by atoms with Crippen LogP contribution in [0.4, 0.5) is 5.69 Å². The van der Waals surface area contributed by atoms with E-state index in [0.717, 1.165) is 0 Å². The fraction of sp³-hybridized carbons (Fsp3) is 0.286. The molecule has 8 heteroatoms. The highest BCUT2D eigenvalue weighted by Crippen LogP contribution is 2.34. The van der Waals surface area contributed by atoms with E-state index >= 15 is 0 Å². The molecule has 3 amide bonds. The summed E-state index contributed by atoms with van der Waals surface area (Å²) in [7, 11) is 0. The van der Waals surface area contributed by atoms with E-state index < -0.39 is 0 Å². The summed E-state index contributed by atoms with van der Waals surface area (Å²) in [4.78, 5) is 42.5. The van der Waals surface area contributed by atoms with Crippen LogP contribution in [0.2, 0.25) is 5.02 Å². The van der Waals surface area contributed by atoms with Gasteiger partial charge in [0, 0.05) is 36.8 Å². The molecule has 0 aliphatic carbocycles. The summed E-state index contributed by atoms with van der Waals surface area (Å²) in [6, 6.07) is 14.1. The first-order valence-electron chi connectivity index (χ1n) is 9.38. The van der Waals surface area contributed by atoms with Crippen molar-refractivity contribution in [3.05, 3.63) is 59.1 Å². The predicted octanol–water partition coefficient (Wildman–Crippen LogP) is 2.05. The first-order chi connectivity index (χ1) is 14.0. The Bertz CT molecular complexity index is 942. The molecule has 1 fully saturated rings. The molecule has 2 aromatic carbocycles. The van der Waals surface area contributed by atoms with Crippen LogP contribution < -0.4 is 9.64 Å². The molecule has 0 bridgehead atoms. The summed E-state index contributed by atoms with van der Waals surface area (Å²) in [5.41, 5.74) is 1.14. The van der Waals surface area contributed by atoms with Crippen LogP contribution >= 0.6 is 11.6 Å². The number of hydrogen-bond acceptors (Lipinski definition) is 4. The molecule has 4 rings (SSSR count). The number of nitrogens with zero attached hydrogens (tertiary/aromatic N) is 3. The Hall–Kier alpha value is -3.06. The van der Waals surface area contributed by atoms with Gasteiger partial charge in [0.05, 0.1) is 5.69 Å². The summed E-state index contributed by atoms with van der Waals surface area (Å²) in [6.07, 6.45) is 0.